The van der Waals surface area contributed by atoms with Gasteiger partial charge >= 0.3 is 5.97 Å². The lowest BCUT2D eigenvalue weighted by Gasteiger charge is -2.21. The lowest BCUT2D eigenvalue weighted by atomic mass is 9.92. The van der Waals surface area contributed by atoms with Crippen LogP contribution in [0.3, 0.4) is 0 Å². The third kappa shape index (κ3) is 2.41. The lowest BCUT2D eigenvalue weighted by molar-refractivity contribution is -0.153. The second kappa shape index (κ2) is 4.21. The average Bonchev–Trinajstić information content (AvgIpc) is 2.56. The molecule has 1 saturated heterocycles. The number of carboxylic acid groups (broad SMARTS) is 1. The Labute approximate surface area is 87.4 Å². The van der Waals surface area contributed by atoms with Crippen LogP contribution >= 0.6 is 11.8 Å². The summed E-state index contributed by atoms with van der Waals surface area (Å²) in [5.41, 5.74) is -1.33. The molecule has 80 valence electrons. The van der Waals surface area contributed by atoms with E-state index in [9.17, 15) is 9.59 Å². The maximum absolute atomic E-state index is 11.6. The van der Waals surface area contributed by atoms with Crippen LogP contribution in [-0.4, -0.2) is 34.5 Å². The van der Waals surface area contributed by atoms with E-state index in [1.165, 1.54) is 13.8 Å². The fourth-order valence-corrected chi connectivity index (χ4v) is 2.26. The van der Waals surface area contributed by atoms with Gasteiger partial charge in [0.05, 0.1) is 0 Å². The molecular formula is C9H15NO3S. The number of carboxylic acids is 1. The molecule has 0 bridgehead atoms. The van der Waals surface area contributed by atoms with Crippen LogP contribution < -0.4 is 5.32 Å². The quantitative estimate of drug-likeness (QED) is 0.684. The first-order valence-corrected chi connectivity index (χ1v) is 5.72. The molecule has 1 fully saturated rings. The molecule has 1 heterocycles. The SMILES string of the molecule is CC(C)(C(=O)O)C(=O)NC1CCSC1. The molecule has 1 unspecified atom stereocenters. The molecule has 1 amide bonds. The van der Waals surface area contributed by atoms with Crippen molar-refractivity contribution >= 4 is 23.6 Å². The zero-order valence-corrected chi connectivity index (χ0v) is 9.19. The molecule has 1 aliphatic rings. The number of amides is 1. The predicted octanol–water partition coefficient (Wildman–Crippen LogP) is 0.719. The van der Waals surface area contributed by atoms with E-state index in [4.69, 9.17) is 5.11 Å². The van der Waals surface area contributed by atoms with Crippen LogP contribution in [-0.2, 0) is 9.59 Å². The Bertz CT molecular complexity index is 246. The predicted molar refractivity (Wildman–Crippen MR) is 55.3 cm³/mol. The normalized spacial score (nSPS) is 22.0. The Balaban J connectivity index is 2.52. The third-order valence-electron chi connectivity index (χ3n) is 2.37. The fourth-order valence-electron chi connectivity index (χ4n) is 1.11. The second-order valence-electron chi connectivity index (χ2n) is 3.96. The van der Waals surface area contributed by atoms with Crippen molar-refractivity contribution in [3.8, 4) is 0 Å². The summed E-state index contributed by atoms with van der Waals surface area (Å²) in [6, 6.07) is 0.145. The minimum Gasteiger partial charge on any atom is -0.480 e. The number of hydrogen-bond acceptors (Lipinski definition) is 3. The minimum atomic E-state index is -1.33. The van der Waals surface area contributed by atoms with Crippen molar-refractivity contribution < 1.29 is 14.7 Å². The number of aliphatic carboxylic acids is 1. The first-order valence-electron chi connectivity index (χ1n) is 4.56. The molecule has 5 heteroatoms. The number of thioether (sulfide) groups is 1. The molecular weight excluding hydrogens is 202 g/mol. The van der Waals surface area contributed by atoms with Crippen molar-refractivity contribution in [2.75, 3.05) is 11.5 Å². The van der Waals surface area contributed by atoms with E-state index in [1.807, 2.05) is 0 Å². The van der Waals surface area contributed by atoms with Crippen LogP contribution in [0.15, 0.2) is 0 Å². The summed E-state index contributed by atoms with van der Waals surface area (Å²) in [6.07, 6.45) is 0.937. The Hall–Kier alpha value is -0.710. The Morgan fingerprint density at radius 1 is 1.50 bits per heavy atom. The molecule has 0 aromatic heterocycles. The van der Waals surface area contributed by atoms with Crippen molar-refractivity contribution in [2.45, 2.75) is 26.3 Å². The highest BCUT2D eigenvalue weighted by Gasteiger charge is 2.37. The smallest absolute Gasteiger partial charge is 0.318 e. The van der Waals surface area contributed by atoms with E-state index in [2.05, 4.69) is 5.32 Å². The zero-order chi connectivity index (χ0) is 10.8. The summed E-state index contributed by atoms with van der Waals surface area (Å²) >= 11 is 1.78. The van der Waals surface area contributed by atoms with Crippen LogP contribution in [0.2, 0.25) is 0 Å². The van der Waals surface area contributed by atoms with Gasteiger partial charge in [-0.3, -0.25) is 9.59 Å². The van der Waals surface area contributed by atoms with Crippen LogP contribution in [0.1, 0.15) is 20.3 Å². The van der Waals surface area contributed by atoms with Gasteiger partial charge in [-0.05, 0) is 26.0 Å². The maximum Gasteiger partial charge on any atom is 0.318 e. The van der Waals surface area contributed by atoms with Gasteiger partial charge in [-0.2, -0.15) is 11.8 Å². The summed E-state index contributed by atoms with van der Waals surface area (Å²) in [6.45, 7) is 2.85. The average molecular weight is 217 g/mol. The van der Waals surface area contributed by atoms with Gasteiger partial charge in [-0.1, -0.05) is 0 Å². The maximum atomic E-state index is 11.6. The van der Waals surface area contributed by atoms with Gasteiger partial charge in [-0.15, -0.1) is 0 Å². The Morgan fingerprint density at radius 2 is 2.14 bits per heavy atom. The van der Waals surface area contributed by atoms with Crippen molar-refractivity contribution in [3.05, 3.63) is 0 Å². The summed E-state index contributed by atoms with van der Waals surface area (Å²) < 4.78 is 0. The van der Waals surface area contributed by atoms with Crippen LogP contribution in [0.25, 0.3) is 0 Å². The topological polar surface area (TPSA) is 66.4 Å². The molecule has 1 aliphatic heterocycles. The zero-order valence-electron chi connectivity index (χ0n) is 8.37. The first kappa shape index (κ1) is 11.4. The number of carbonyl (C=O) groups excluding carboxylic acids is 1. The summed E-state index contributed by atoms with van der Waals surface area (Å²) in [5.74, 6) is 0.457. The number of carbonyl (C=O) groups is 2. The van der Waals surface area contributed by atoms with Crippen LogP contribution in [0.4, 0.5) is 0 Å². The molecule has 0 aliphatic carbocycles. The fraction of sp³-hybridized carbons (Fsp3) is 0.778. The van der Waals surface area contributed by atoms with Crippen LogP contribution in [0, 0.1) is 5.41 Å². The van der Waals surface area contributed by atoms with Crippen molar-refractivity contribution in [1.82, 2.24) is 5.32 Å². The Morgan fingerprint density at radius 3 is 2.57 bits per heavy atom. The summed E-state index contributed by atoms with van der Waals surface area (Å²) in [7, 11) is 0. The van der Waals surface area contributed by atoms with Gasteiger partial charge in [0.2, 0.25) is 5.91 Å². The van der Waals surface area contributed by atoms with E-state index >= 15 is 0 Å². The van der Waals surface area contributed by atoms with Gasteiger partial charge in [0, 0.05) is 11.8 Å². The van der Waals surface area contributed by atoms with E-state index < -0.39 is 17.3 Å². The highest BCUT2D eigenvalue weighted by molar-refractivity contribution is 7.99. The molecule has 0 radical (unpaired) electrons. The van der Waals surface area contributed by atoms with E-state index in [1.54, 1.807) is 11.8 Å². The van der Waals surface area contributed by atoms with E-state index in [0.29, 0.717) is 0 Å². The van der Waals surface area contributed by atoms with Gasteiger partial charge in [0.1, 0.15) is 5.41 Å². The van der Waals surface area contributed by atoms with Gasteiger partial charge in [0.25, 0.3) is 0 Å². The number of nitrogens with one attached hydrogen (secondary N) is 1. The summed E-state index contributed by atoms with van der Waals surface area (Å²) in [4.78, 5) is 22.3. The second-order valence-corrected chi connectivity index (χ2v) is 5.11. The third-order valence-corrected chi connectivity index (χ3v) is 3.53. The van der Waals surface area contributed by atoms with Crippen molar-refractivity contribution in [2.24, 2.45) is 5.41 Å². The lowest BCUT2D eigenvalue weighted by Crippen LogP contribution is -2.46. The highest BCUT2D eigenvalue weighted by Crippen LogP contribution is 2.20. The van der Waals surface area contributed by atoms with Gasteiger partial charge < -0.3 is 10.4 Å². The largest absolute Gasteiger partial charge is 0.480 e. The van der Waals surface area contributed by atoms with Gasteiger partial charge in [-0.25, -0.2) is 0 Å². The molecule has 0 aromatic carbocycles. The summed E-state index contributed by atoms with van der Waals surface area (Å²) in [5, 5.41) is 11.6. The minimum absolute atomic E-state index is 0.145. The van der Waals surface area contributed by atoms with Crippen molar-refractivity contribution in [3.63, 3.8) is 0 Å². The Kier molecular flexibility index (Phi) is 3.42. The molecule has 0 aromatic rings. The monoisotopic (exact) mass is 217 g/mol. The molecule has 0 spiro atoms. The molecule has 1 atom stereocenters. The molecule has 4 nitrogen and oxygen atoms in total. The van der Waals surface area contributed by atoms with Crippen molar-refractivity contribution in [1.29, 1.82) is 0 Å². The molecule has 0 saturated carbocycles. The standard InChI is InChI=1S/C9H15NO3S/c1-9(2,8(12)13)7(11)10-6-3-4-14-5-6/h6H,3-5H2,1-2H3,(H,10,11)(H,12,13). The van der Waals surface area contributed by atoms with Gasteiger partial charge in [0.15, 0.2) is 0 Å². The number of rotatable bonds is 3. The van der Waals surface area contributed by atoms with E-state index in [0.717, 1.165) is 17.9 Å². The van der Waals surface area contributed by atoms with Crippen LogP contribution in [0.5, 0.6) is 0 Å². The number of hydrogen-bond donors (Lipinski definition) is 2. The first-order chi connectivity index (χ1) is 6.44. The molecule has 2 N–H and O–H groups in total. The molecule has 14 heavy (non-hydrogen) atoms. The highest BCUT2D eigenvalue weighted by atomic mass is 32.2. The molecule has 1 rings (SSSR count). The van der Waals surface area contributed by atoms with E-state index in [-0.39, 0.29) is 6.04 Å².